The molecule has 284 valence electrons. The normalized spacial score (nSPS) is 14.9. The molecule has 0 bridgehead atoms. The monoisotopic (exact) mass is 805 g/mol. The van der Waals surface area contributed by atoms with Crippen LogP contribution in [-0.2, 0) is 5.41 Å². The summed E-state index contributed by atoms with van der Waals surface area (Å²) in [5, 5.41) is 2.49. The molecule has 3 aromatic heterocycles. The van der Waals surface area contributed by atoms with Crippen LogP contribution in [0.3, 0.4) is 0 Å². The van der Waals surface area contributed by atoms with E-state index in [2.05, 4.69) is 174 Å². The van der Waals surface area contributed by atoms with Crippen LogP contribution in [0.5, 0.6) is 11.5 Å². The second-order valence-corrected chi connectivity index (χ2v) is 17.5. The number of thiophene rings is 1. The van der Waals surface area contributed by atoms with Gasteiger partial charge in [-0.05, 0) is 107 Å². The number of aromatic nitrogens is 2. The van der Waals surface area contributed by atoms with Crippen molar-refractivity contribution in [2.75, 3.05) is 4.90 Å². The molecule has 1 aliphatic heterocycles. The van der Waals surface area contributed by atoms with Gasteiger partial charge in [0.25, 0.3) is 0 Å². The predicted molar refractivity (Wildman–Crippen MR) is 248 cm³/mol. The molecule has 12 rings (SSSR count). The minimum absolute atomic E-state index is 0.586. The van der Waals surface area contributed by atoms with E-state index in [-0.39, 0.29) is 0 Å². The van der Waals surface area contributed by atoms with Crippen molar-refractivity contribution in [1.29, 1.82) is 0 Å². The van der Waals surface area contributed by atoms with Gasteiger partial charge in [0.05, 0.1) is 27.1 Å². The van der Waals surface area contributed by atoms with E-state index in [1.54, 1.807) is 0 Å². The number of hydrogen-bond donors (Lipinski definition) is 0. The predicted octanol–water partition coefficient (Wildman–Crippen LogP) is 14.9. The van der Waals surface area contributed by atoms with Gasteiger partial charge in [-0.15, -0.1) is 11.3 Å². The number of anilines is 3. The number of aryl methyl sites for hydroxylation is 1. The summed E-state index contributed by atoms with van der Waals surface area (Å²) in [6.45, 7) is 2.03. The van der Waals surface area contributed by atoms with E-state index < -0.39 is 5.41 Å². The molecule has 1 atom stereocenters. The van der Waals surface area contributed by atoms with Crippen LogP contribution in [0.15, 0.2) is 204 Å². The van der Waals surface area contributed by atoms with Crippen molar-refractivity contribution >= 4 is 60.5 Å². The van der Waals surface area contributed by atoms with Gasteiger partial charge >= 0.3 is 0 Å². The molecule has 1 aliphatic carbocycles. The molecule has 10 aromatic rings. The highest BCUT2D eigenvalue weighted by Gasteiger charge is 2.48. The van der Waals surface area contributed by atoms with Crippen LogP contribution in [0, 0.1) is 6.92 Å². The summed E-state index contributed by atoms with van der Waals surface area (Å²) in [5.41, 5.74) is 12.3. The molecule has 1 unspecified atom stereocenters. The molecule has 6 heteroatoms. The molecule has 0 spiro atoms. The lowest BCUT2D eigenvalue weighted by molar-refractivity contribution is 0.454. The van der Waals surface area contributed by atoms with E-state index in [4.69, 9.17) is 9.72 Å². The third kappa shape index (κ3) is 5.38. The Hall–Kier alpha value is -6.99. The van der Waals surface area contributed by atoms with E-state index >= 15 is 0 Å². The lowest BCUT2D eigenvalue weighted by Crippen LogP contribution is -2.28. The molecule has 0 fully saturated rings. The molecule has 0 saturated heterocycles. The van der Waals surface area contributed by atoms with Crippen LogP contribution in [0.1, 0.15) is 27.9 Å². The first kappa shape index (κ1) is 35.0. The van der Waals surface area contributed by atoms with Gasteiger partial charge in [-0.25, -0.2) is 4.98 Å². The van der Waals surface area contributed by atoms with Crippen molar-refractivity contribution in [3.63, 3.8) is 0 Å². The number of pyridine rings is 2. The Bertz CT molecular complexity index is 3290. The number of fused-ring (bicyclic) bond motifs is 9. The maximum absolute atomic E-state index is 6.61. The SMILES string of the molecule is Cc1cccc(N(c2cccnc2)c2ccc3c(c2)sc2cc(C4(c5ccc(-c6ccccc6)cc5)c5ccccc5-c5c4ccc4c5Sc5ccccc5O4)ccc23)n1. The van der Waals surface area contributed by atoms with Crippen molar-refractivity contribution in [3.8, 4) is 33.8 Å². The smallest absolute Gasteiger partial charge is 0.142 e. The zero-order valence-corrected chi connectivity index (χ0v) is 34.2. The quantitative estimate of drug-likeness (QED) is 0.167. The first-order valence-corrected chi connectivity index (χ1v) is 21.8. The molecular formula is C54H35N3OS2. The summed E-state index contributed by atoms with van der Waals surface area (Å²) in [6, 6.07) is 65.9. The third-order valence-electron chi connectivity index (χ3n) is 12.0. The summed E-state index contributed by atoms with van der Waals surface area (Å²) in [7, 11) is 0. The molecule has 0 radical (unpaired) electrons. The van der Waals surface area contributed by atoms with Gasteiger partial charge in [0.1, 0.15) is 17.3 Å². The zero-order valence-electron chi connectivity index (χ0n) is 32.5. The second kappa shape index (κ2) is 13.8. The molecule has 4 nitrogen and oxygen atoms in total. The number of nitrogens with zero attached hydrogens (tertiary/aromatic N) is 3. The topological polar surface area (TPSA) is 38.2 Å². The summed E-state index contributed by atoms with van der Waals surface area (Å²) < 4.78 is 9.08. The van der Waals surface area contributed by atoms with E-state index in [1.807, 2.05) is 60.6 Å². The molecule has 2 aliphatic rings. The van der Waals surface area contributed by atoms with Gasteiger partial charge in [-0.3, -0.25) is 9.88 Å². The first-order chi connectivity index (χ1) is 29.6. The Morgan fingerprint density at radius 3 is 2.18 bits per heavy atom. The highest BCUT2D eigenvalue weighted by molar-refractivity contribution is 7.99. The molecule has 7 aromatic carbocycles. The van der Waals surface area contributed by atoms with Crippen LogP contribution in [0.2, 0.25) is 0 Å². The number of benzene rings is 7. The fourth-order valence-electron chi connectivity index (χ4n) is 9.37. The summed E-state index contributed by atoms with van der Waals surface area (Å²) >= 11 is 3.66. The molecule has 4 heterocycles. The Labute approximate surface area is 356 Å². The third-order valence-corrected chi connectivity index (χ3v) is 14.3. The average Bonchev–Trinajstić information content (AvgIpc) is 3.82. The Balaban J connectivity index is 1.07. The lowest BCUT2D eigenvalue weighted by atomic mass is 9.67. The van der Waals surface area contributed by atoms with Gasteiger partial charge in [0.15, 0.2) is 0 Å². The van der Waals surface area contributed by atoms with Crippen LogP contribution < -0.4 is 9.64 Å². The highest BCUT2D eigenvalue weighted by Crippen LogP contribution is 2.62. The Kier molecular flexibility index (Phi) is 8.05. The first-order valence-electron chi connectivity index (χ1n) is 20.1. The lowest BCUT2D eigenvalue weighted by Gasteiger charge is -2.34. The van der Waals surface area contributed by atoms with E-state index in [0.717, 1.165) is 44.2 Å². The van der Waals surface area contributed by atoms with Gasteiger partial charge in [-0.2, -0.15) is 0 Å². The summed E-state index contributed by atoms with van der Waals surface area (Å²) in [4.78, 5) is 13.9. The summed E-state index contributed by atoms with van der Waals surface area (Å²) in [5.74, 6) is 2.67. The maximum atomic E-state index is 6.61. The van der Waals surface area contributed by atoms with Gasteiger partial charge in [-0.1, -0.05) is 133 Å². The maximum Gasteiger partial charge on any atom is 0.142 e. The van der Waals surface area contributed by atoms with Crippen LogP contribution in [0.25, 0.3) is 42.4 Å². The fourth-order valence-corrected chi connectivity index (χ4v) is 11.7. The van der Waals surface area contributed by atoms with Gasteiger partial charge < -0.3 is 4.74 Å². The zero-order chi connectivity index (χ0) is 39.8. The van der Waals surface area contributed by atoms with Crippen LogP contribution in [0.4, 0.5) is 17.2 Å². The van der Waals surface area contributed by atoms with Crippen molar-refractivity contribution in [2.24, 2.45) is 0 Å². The summed E-state index contributed by atoms with van der Waals surface area (Å²) in [6.07, 6.45) is 3.71. The van der Waals surface area contributed by atoms with Crippen LogP contribution >= 0.6 is 23.1 Å². The molecule has 0 N–H and O–H groups in total. The molecular weight excluding hydrogens is 771 g/mol. The van der Waals surface area contributed by atoms with Crippen molar-refractivity contribution in [1.82, 2.24) is 9.97 Å². The minimum atomic E-state index is -0.586. The highest BCUT2D eigenvalue weighted by atomic mass is 32.2. The molecule has 60 heavy (non-hydrogen) atoms. The number of ether oxygens (including phenoxy) is 1. The van der Waals surface area contributed by atoms with E-state index in [0.29, 0.717) is 0 Å². The standard InChI is InChI=1S/C54H35N3OS2/c1-34-11-9-19-51(56-34)57(40-14-10-30-55-33-40)39-25-27-42-41-26-24-38(31-49(41)59-50(42)32-39)54(37-22-20-36(21-23-37)35-12-3-2-4-13-35)44-16-6-5-15-43(44)52-45(54)28-29-47-53(52)60-48-18-8-7-17-46(48)58-47/h2-33H,1H3. The largest absolute Gasteiger partial charge is 0.455 e. The van der Waals surface area contributed by atoms with E-state index in [1.165, 1.54) is 64.7 Å². The van der Waals surface area contributed by atoms with Crippen LogP contribution in [-0.4, -0.2) is 9.97 Å². The van der Waals surface area contributed by atoms with E-state index in [9.17, 15) is 0 Å². The Morgan fingerprint density at radius 1 is 0.567 bits per heavy atom. The van der Waals surface area contributed by atoms with Crippen molar-refractivity contribution in [3.05, 3.63) is 222 Å². The Morgan fingerprint density at radius 2 is 1.33 bits per heavy atom. The molecule has 0 amide bonds. The van der Waals surface area contributed by atoms with Crippen molar-refractivity contribution in [2.45, 2.75) is 22.1 Å². The second-order valence-electron chi connectivity index (χ2n) is 15.4. The minimum Gasteiger partial charge on any atom is -0.455 e. The number of rotatable bonds is 6. The van der Waals surface area contributed by atoms with Crippen molar-refractivity contribution < 1.29 is 4.74 Å². The average molecular weight is 806 g/mol. The van der Waals surface area contributed by atoms with Gasteiger partial charge in [0.2, 0.25) is 0 Å². The number of para-hydroxylation sites is 1. The van der Waals surface area contributed by atoms with Gasteiger partial charge in [0, 0.05) is 43.3 Å². The fraction of sp³-hybridized carbons (Fsp3) is 0.0370. The number of hydrogen-bond acceptors (Lipinski definition) is 6. The molecule has 0 saturated carbocycles.